The summed E-state index contributed by atoms with van der Waals surface area (Å²) in [5.41, 5.74) is 3.12. The molecule has 1 amide bonds. The topological polar surface area (TPSA) is 52.0 Å². The number of nitrogens with one attached hydrogen (secondary N) is 2. The Morgan fingerprint density at radius 3 is 2.26 bits per heavy atom. The Hall–Kier alpha value is -2.53. The van der Waals surface area contributed by atoms with Crippen molar-refractivity contribution in [1.29, 1.82) is 0 Å². The zero-order chi connectivity index (χ0) is 20.0. The Morgan fingerprint density at radius 1 is 1.04 bits per heavy atom. The number of rotatable bonds is 8. The molecule has 27 heavy (non-hydrogen) atoms. The normalized spacial score (nSPS) is 13.1. The van der Waals surface area contributed by atoms with Gasteiger partial charge in [-0.3, -0.25) is 4.79 Å². The van der Waals surface area contributed by atoms with Gasteiger partial charge in [-0.1, -0.05) is 26.0 Å². The molecule has 5 heteroatoms. The molecule has 0 radical (unpaired) electrons. The molecule has 2 aromatic rings. The van der Waals surface area contributed by atoms with E-state index in [1.54, 1.807) is 14.2 Å². The van der Waals surface area contributed by atoms with Crippen LogP contribution in [0.2, 0.25) is 0 Å². The number of quaternary nitrogens is 1. The van der Waals surface area contributed by atoms with Crippen molar-refractivity contribution in [2.45, 2.75) is 39.3 Å². The van der Waals surface area contributed by atoms with Crippen molar-refractivity contribution < 1.29 is 19.2 Å². The number of carbonyl (C=O) groups excluding carboxylic acids is 1. The molecule has 1 unspecified atom stereocenters. The van der Waals surface area contributed by atoms with Crippen LogP contribution in [-0.4, -0.2) is 33.2 Å². The molecule has 5 nitrogen and oxygen atoms in total. The molecule has 2 N–H and O–H groups in total. The molecule has 0 bridgehead atoms. The fourth-order valence-corrected chi connectivity index (χ4v) is 2.88. The Kier molecular flexibility index (Phi) is 7.25. The average Bonchev–Trinajstić information content (AvgIpc) is 2.67. The van der Waals surface area contributed by atoms with Gasteiger partial charge in [0.15, 0.2) is 6.04 Å². The lowest BCUT2D eigenvalue weighted by molar-refractivity contribution is -0.907. The van der Waals surface area contributed by atoms with Gasteiger partial charge in [-0.15, -0.1) is 0 Å². The summed E-state index contributed by atoms with van der Waals surface area (Å²) in [4.78, 5) is 13.7. The van der Waals surface area contributed by atoms with Crippen LogP contribution in [0, 0.1) is 0 Å². The first-order valence-corrected chi connectivity index (χ1v) is 9.29. The van der Waals surface area contributed by atoms with Gasteiger partial charge in [0.25, 0.3) is 5.91 Å². The summed E-state index contributed by atoms with van der Waals surface area (Å²) >= 11 is 0. The average molecular weight is 372 g/mol. The maximum atomic E-state index is 12.6. The van der Waals surface area contributed by atoms with E-state index in [1.807, 2.05) is 44.3 Å². The van der Waals surface area contributed by atoms with Crippen molar-refractivity contribution in [1.82, 2.24) is 0 Å². The van der Waals surface area contributed by atoms with Gasteiger partial charge in [-0.25, -0.2) is 0 Å². The van der Waals surface area contributed by atoms with Crippen LogP contribution in [0.15, 0.2) is 42.5 Å². The standard InChI is InChI=1S/C22H30N2O3/c1-15(2)17-7-10-19(11-8-17)23-22(25)16(3)24(4)14-18-9-12-20(26-5)13-21(18)27-6/h7-13,15-16H,14H2,1-6H3,(H,23,25)/p+1/t16-/m0/s1. The smallest absolute Gasteiger partial charge is 0.282 e. The maximum Gasteiger partial charge on any atom is 0.282 e. The molecule has 0 aromatic heterocycles. The van der Waals surface area contributed by atoms with Crippen molar-refractivity contribution in [2.24, 2.45) is 0 Å². The quantitative estimate of drug-likeness (QED) is 0.750. The van der Waals surface area contributed by atoms with Crippen molar-refractivity contribution >= 4 is 11.6 Å². The highest BCUT2D eigenvalue weighted by atomic mass is 16.5. The number of likely N-dealkylation sites (N-methyl/N-ethyl adjacent to an activating group) is 1. The molecular weight excluding hydrogens is 340 g/mol. The number of hydrogen-bond donors (Lipinski definition) is 2. The number of benzene rings is 2. The highest BCUT2D eigenvalue weighted by Crippen LogP contribution is 2.24. The largest absolute Gasteiger partial charge is 0.497 e. The molecule has 0 aliphatic rings. The third-order valence-corrected chi connectivity index (χ3v) is 4.94. The minimum atomic E-state index is -0.207. The van der Waals surface area contributed by atoms with E-state index in [0.29, 0.717) is 12.5 Å². The highest BCUT2D eigenvalue weighted by Gasteiger charge is 2.23. The van der Waals surface area contributed by atoms with E-state index in [2.05, 4.69) is 31.3 Å². The van der Waals surface area contributed by atoms with E-state index in [4.69, 9.17) is 9.47 Å². The number of methoxy groups -OCH3 is 2. The molecule has 0 saturated carbocycles. The Bertz CT molecular complexity index is 757. The minimum absolute atomic E-state index is 0.00252. The molecule has 146 valence electrons. The van der Waals surface area contributed by atoms with Gasteiger partial charge in [0.2, 0.25) is 0 Å². The SMILES string of the molecule is COc1ccc(C[NH+](C)[C@@H](C)C(=O)Nc2ccc(C(C)C)cc2)c(OC)c1. The first kappa shape index (κ1) is 20.8. The predicted molar refractivity (Wildman–Crippen MR) is 109 cm³/mol. The maximum absolute atomic E-state index is 12.6. The number of ether oxygens (including phenoxy) is 2. The van der Waals surface area contributed by atoms with Crippen molar-refractivity contribution in [3.05, 3.63) is 53.6 Å². The molecule has 2 rings (SSSR count). The lowest BCUT2D eigenvalue weighted by atomic mass is 10.0. The number of hydrogen-bond acceptors (Lipinski definition) is 3. The molecular formula is C22H31N2O3+. The fraction of sp³-hybridized carbons (Fsp3) is 0.409. The zero-order valence-corrected chi connectivity index (χ0v) is 17.1. The van der Waals surface area contributed by atoms with E-state index in [1.165, 1.54) is 5.56 Å². The Balaban J connectivity index is 2.01. The van der Waals surface area contributed by atoms with Gasteiger partial charge >= 0.3 is 0 Å². The lowest BCUT2D eigenvalue weighted by Gasteiger charge is -2.22. The van der Waals surface area contributed by atoms with E-state index in [9.17, 15) is 4.79 Å². The van der Waals surface area contributed by atoms with Crippen LogP contribution in [0.5, 0.6) is 11.5 Å². The summed E-state index contributed by atoms with van der Waals surface area (Å²) in [5.74, 6) is 2.00. The molecule has 0 heterocycles. The third-order valence-electron chi connectivity index (χ3n) is 4.94. The highest BCUT2D eigenvalue weighted by molar-refractivity contribution is 5.93. The van der Waals surface area contributed by atoms with Crippen LogP contribution in [0.25, 0.3) is 0 Å². The summed E-state index contributed by atoms with van der Waals surface area (Å²) in [6.07, 6.45) is 0. The van der Waals surface area contributed by atoms with Crippen LogP contribution < -0.4 is 19.7 Å². The predicted octanol–water partition coefficient (Wildman–Crippen LogP) is 2.87. The zero-order valence-electron chi connectivity index (χ0n) is 17.1. The second kappa shape index (κ2) is 9.42. The van der Waals surface area contributed by atoms with Gasteiger partial charge < -0.3 is 19.7 Å². The van der Waals surface area contributed by atoms with Crippen LogP contribution in [0.3, 0.4) is 0 Å². The number of amides is 1. The molecule has 2 atom stereocenters. The summed E-state index contributed by atoms with van der Waals surface area (Å²) < 4.78 is 10.7. The first-order valence-electron chi connectivity index (χ1n) is 9.29. The molecule has 0 spiro atoms. The first-order chi connectivity index (χ1) is 12.8. The van der Waals surface area contributed by atoms with Gasteiger partial charge in [-0.2, -0.15) is 0 Å². The Labute approximate surface area is 162 Å². The number of carbonyl (C=O) groups is 1. The molecule has 2 aromatic carbocycles. The third kappa shape index (κ3) is 5.47. The van der Waals surface area contributed by atoms with E-state index in [0.717, 1.165) is 27.6 Å². The van der Waals surface area contributed by atoms with Crippen LogP contribution in [0.1, 0.15) is 37.8 Å². The molecule has 0 saturated heterocycles. The van der Waals surface area contributed by atoms with Gasteiger partial charge in [0.05, 0.1) is 21.3 Å². The van der Waals surface area contributed by atoms with Gasteiger partial charge in [-0.05, 0) is 42.7 Å². The second-order valence-corrected chi connectivity index (χ2v) is 7.19. The molecule has 0 aliphatic heterocycles. The van der Waals surface area contributed by atoms with Crippen LogP contribution in [-0.2, 0) is 11.3 Å². The van der Waals surface area contributed by atoms with Crippen molar-refractivity contribution in [3.63, 3.8) is 0 Å². The molecule has 0 fully saturated rings. The Morgan fingerprint density at radius 2 is 1.70 bits per heavy atom. The van der Waals surface area contributed by atoms with E-state index >= 15 is 0 Å². The van der Waals surface area contributed by atoms with Gasteiger partial charge in [0, 0.05) is 17.3 Å². The van der Waals surface area contributed by atoms with Crippen LogP contribution in [0.4, 0.5) is 5.69 Å². The second-order valence-electron chi connectivity index (χ2n) is 7.19. The fourth-order valence-electron chi connectivity index (χ4n) is 2.88. The van der Waals surface area contributed by atoms with Crippen LogP contribution >= 0.6 is 0 Å². The summed E-state index contributed by atoms with van der Waals surface area (Å²) in [5, 5.41) is 3.01. The monoisotopic (exact) mass is 371 g/mol. The van der Waals surface area contributed by atoms with E-state index < -0.39 is 0 Å². The summed E-state index contributed by atoms with van der Waals surface area (Å²) in [6, 6.07) is 13.6. The van der Waals surface area contributed by atoms with Crippen molar-refractivity contribution in [3.8, 4) is 11.5 Å². The summed E-state index contributed by atoms with van der Waals surface area (Å²) in [7, 11) is 5.28. The van der Waals surface area contributed by atoms with Crippen molar-refractivity contribution in [2.75, 3.05) is 26.6 Å². The lowest BCUT2D eigenvalue weighted by Crippen LogP contribution is -3.12. The number of anilines is 1. The summed E-state index contributed by atoms with van der Waals surface area (Å²) in [6.45, 7) is 6.92. The van der Waals surface area contributed by atoms with E-state index in [-0.39, 0.29) is 11.9 Å². The minimum Gasteiger partial charge on any atom is -0.497 e. The van der Waals surface area contributed by atoms with Gasteiger partial charge in [0.1, 0.15) is 18.0 Å². The molecule has 0 aliphatic carbocycles.